The molecule has 0 atom stereocenters. The van der Waals surface area contributed by atoms with Crippen molar-refractivity contribution in [3.63, 3.8) is 0 Å². The molecule has 238 valence electrons. The highest BCUT2D eigenvalue weighted by Crippen LogP contribution is 2.53. The Hall–Kier alpha value is -6.24. The fourth-order valence-electron chi connectivity index (χ4n) is 9.40. The summed E-state index contributed by atoms with van der Waals surface area (Å²) in [7, 11) is 0. The monoisotopic (exact) mass is 646 g/mol. The molecule has 51 heavy (non-hydrogen) atoms. The predicted molar refractivity (Wildman–Crippen MR) is 220 cm³/mol. The summed E-state index contributed by atoms with van der Waals surface area (Å²) in [5.74, 6) is 0. The van der Waals surface area contributed by atoms with Crippen LogP contribution in [0, 0.1) is 0 Å². The first kappa shape index (κ1) is 28.6. The zero-order chi connectivity index (χ0) is 33.8. The number of benzene rings is 10. The lowest BCUT2D eigenvalue weighted by Crippen LogP contribution is -2.14. The number of hydrogen-bond acceptors (Lipinski definition) is 0. The Morgan fingerprint density at radius 2 is 0.784 bits per heavy atom. The van der Waals surface area contributed by atoms with Crippen LogP contribution in [0.5, 0.6) is 0 Å². The van der Waals surface area contributed by atoms with Crippen molar-refractivity contribution in [2.75, 3.05) is 0 Å². The smallest absolute Gasteiger partial charge is 0.0159 e. The number of hydrogen-bond donors (Lipinski definition) is 0. The molecular formula is C51H34. The van der Waals surface area contributed by atoms with Gasteiger partial charge in [-0.15, -0.1) is 0 Å². The lowest BCUT2D eigenvalue weighted by atomic mass is 9.79. The Balaban J connectivity index is 1.31. The summed E-state index contributed by atoms with van der Waals surface area (Å²) in [6.07, 6.45) is 0. The van der Waals surface area contributed by atoms with Gasteiger partial charge in [-0.3, -0.25) is 0 Å². The first-order valence-electron chi connectivity index (χ1n) is 18.0. The molecule has 0 amide bonds. The van der Waals surface area contributed by atoms with Crippen LogP contribution in [-0.2, 0) is 5.41 Å². The molecule has 0 heteroatoms. The summed E-state index contributed by atoms with van der Waals surface area (Å²) < 4.78 is 0. The van der Waals surface area contributed by atoms with Gasteiger partial charge in [0.1, 0.15) is 0 Å². The maximum absolute atomic E-state index is 2.54. The van der Waals surface area contributed by atoms with Crippen molar-refractivity contribution >= 4 is 64.6 Å². The Bertz CT molecular complexity index is 3070. The van der Waals surface area contributed by atoms with Crippen molar-refractivity contribution in [3.05, 3.63) is 181 Å². The SMILES string of the molecule is CC1(C)c2ccccc2-c2cc3c(-c4ccc5c6ccccc6c6ccccc6c5c4)c4ccccc4c(-c4ccc5ccccc5c4)c3cc21. The number of fused-ring (bicyclic) bond motifs is 12. The van der Waals surface area contributed by atoms with E-state index in [1.807, 2.05) is 0 Å². The fourth-order valence-corrected chi connectivity index (χ4v) is 9.40. The average molecular weight is 647 g/mol. The summed E-state index contributed by atoms with van der Waals surface area (Å²) in [5, 5.41) is 15.5. The van der Waals surface area contributed by atoms with Gasteiger partial charge in [0.15, 0.2) is 0 Å². The standard InChI is InChI=1S/C51H34/c1-51(2)47-22-12-11-19-40(47)44-29-45-46(30-48(44)51)49(33-24-23-31-13-3-4-14-32(31)27-33)41-20-9-10-21-42(41)50(45)34-25-26-39-37-17-6-5-15-35(37)36-16-7-8-18-38(36)43(39)28-34/h3-30H,1-2H3. The van der Waals surface area contributed by atoms with E-state index in [1.54, 1.807) is 0 Å². The molecule has 10 aromatic rings. The van der Waals surface area contributed by atoms with Crippen LogP contribution < -0.4 is 0 Å². The van der Waals surface area contributed by atoms with Gasteiger partial charge in [0.25, 0.3) is 0 Å². The lowest BCUT2D eigenvalue weighted by Gasteiger charge is -2.24. The van der Waals surface area contributed by atoms with Crippen LogP contribution in [0.1, 0.15) is 25.0 Å². The predicted octanol–water partition coefficient (Wildman–Crippen LogP) is 14.2. The Labute approximate surface area is 297 Å². The molecule has 0 aromatic heterocycles. The summed E-state index contributed by atoms with van der Waals surface area (Å²) in [5.41, 5.74) is 10.5. The Kier molecular flexibility index (Phi) is 5.82. The average Bonchev–Trinajstić information content (AvgIpc) is 3.41. The quantitative estimate of drug-likeness (QED) is 0.129. The van der Waals surface area contributed by atoms with Crippen molar-refractivity contribution in [2.24, 2.45) is 0 Å². The fraction of sp³-hybridized carbons (Fsp3) is 0.0588. The molecule has 0 unspecified atom stereocenters. The van der Waals surface area contributed by atoms with Crippen molar-refractivity contribution in [1.82, 2.24) is 0 Å². The van der Waals surface area contributed by atoms with Crippen LogP contribution in [0.3, 0.4) is 0 Å². The van der Waals surface area contributed by atoms with Gasteiger partial charge in [0, 0.05) is 5.41 Å². The minimum atomic E-state index is -0.102. The third-order valence-electron chi connectivity index (χ3n) is 11.8. The van der Waals surface area contributed by atoms with E-state index in [2.05, 4.69) is 184 Å². The third kappa shape index (κ3) is 3.96. The van der Waals surface area contributed by atoms with Crippen LogP contribution in [0.25, 0.3) is 98.0 Å². The minimum Gasteiger partial charge on any atom is -0.0619 e. The van der Waals surface area contributed by atoms with E-state index in [9.17, 15) is 0 Å². The highest BCUT2D eigenvalue weighted by molar-refractivity contribution is 6.27. The molecule has 0 aliphatic heterocycles. The third-order valence-corrected chi connectivity index (χ3v) is 11.8. The van der Waals surface area contributed by atoms with Crippen molar-refractivity contribution in [2.45, 2.75) is 19.3 Å². The van der Waals surface area contributed by atoms with Gasteiger partial charge in [-0.25, -0.2) is 0 Å². The van der Waals surface area contributed by atoms with Gasteiger partial charge in [-0.1, -0.05) is 159 Å². The number of rotatable bonds is 2. The van der Waals surface area contributed by atoms with E-state index in [0.717, 1.165) is 0 Å². The summed E-state index contributed by atoms with van der Waals surface area (Å²) in [4.78, 5) is 0. The van der Waals surface area contributed by atoms with E-state index in [4.69, 9.17) is 0 Å². The second-order valence-electron chi connectivity index (χ2n) is 14.8. The topological polar surface area (TPSA) is 0 Å². The lowest BCUT2D eigenvalue weighted by molar-refractivity contribution is 0.661. The molecule has 0 bridgehead atoms. The summed E-state index contributed by atoms with van der Waals surface area (Å²) >= 11 is 0. The van der Waals surface area contributed by atoms with Gasteiger partial charge in [-0.05, 0) is 133 Å². The van der Waals surface area contributed by atoms with Crippen LogP contribution in [-0.4, -0.2) is 0 Å². The molecular weight excluding hydrogens is 613 g/mol. The molecule has 0 saturated heterocycles. The Morgan fingerprint density at radius 3 is 1.47 bits per heavy atom. The molecule has 0 fully saturated rings. The molecule has 11 rings (SSSR count). The van der Waals surface area contributed by atoms with Crippen LogP contribution in [0.2, 0.25) is 0 Å². The van der Waals surface area contributed by atoms with E-state index in [-0.39, 0.29) is 5.41 Å². The molecule has 10 aromatic carbocycles. The second-order valence-corrected chi connectivity index (χ2v) is 14.8. The molecule has 0 heterocycles. The first-order chi connectivity index (χ1) is 25.1. The minimum absolute atomic E-state index is 0.102. The highest BCUT2D eigenvalue weighted by Gasteiger charge is 2.36. The second kappa shape index (κ2) is 10.4. The van der Waals surface area contributed by atoms with Gasteiger partial charge in [0.2, 0.25) is 0 Å². The van der Waals surface area contributed by atoms with Crippen LogP contribution in [0.4, 0.5) is 0 Å². The van der Waals surface area contributed by atoms with Crippen LogP contribution in [0.15, 0.2) is 170 Å². The maximum atomic E-state index is 2.54. The normalized spacial score (nSPS) is 13.5. The zero-order valence-electron chi connectivity index (χ0n) is 28.7. The molecule has 0 N–H and O–H groups in total. The molecule has 0 spiro atoms. The van der Waals surface area contributed by atoms with Gasteiger partial charge < -0.3 is 0 Å². The largest absolute Gasteiger partial charge is 0.0619 e. The van der Waals surface area contributed by atoms with E-state index >= 15 is 0 Å². The maximum Gasteiger partial charge on any atom is 0.0159 e. The highest BCUT2D eigenvalue weighted by atomic mass is 14.4. The molecule has 1 aliphatic carbocycles. The summed E-state index contributed by atoms with van der Waals surface area (Å²) in [6.45, 7) is 4.78. The van der Waals surface area contributed by atoms with Crippen molar-refractivity contribution in [3.8, 4) is 33.4 Å². The van der Waals surface area contributed by atoms with Gasteiger partial charge in [-0.2, -0.15) is 0 Å². The molecule has 1 aliphatic rings. The summed E-state index contributed by atoms with van der Waals surface area (Å²) in [6, 6.07) is 63.8. The molecule has 0 saturated carbocycles. The van der Waals surface area contributed by atoms with Crippen molar-refractivity contribution in [1.29, 1.82) is 0 Å². The zero-order valence-corrected chi connectivity index (χ0v) is 28.7. The Morgan fingerprint density at radius 1 is 0.294 bits per heavy atom. The van der Waals surface area contributed by atoms with E-state index in [0.29, 0.717) is 0 Å². The molecule has 0 radical (unpaired) electrons. The van der Waals surface area contributed by atoms with E-state index in [1.165, 1.54) is 109 Å². The van der Waals surface area contributed by atoms with Crippen molar-refractivity contribution < 1.29 is 0 Å². The van der Waals surface area contributed by atoms with Crippen LogP contribution >= 0.6 is 0 Å². The van der Waals surface area contributed by atoms with E-state index < -0.39 is 0 Å². The first-order valence-corrected chi connectivity index (χ1v) is 18.0. The van der Waals surface area contributed by atoms with Gasteiger partial charge in [0.05, 0.1) is 0 Å². The molecule has 0 nitrogen and oxygen atoms in total. The van der Waals surface area contributed by atoms with Gasteiger partial charge >= 0.3 is 0 Å².